The summed E-state index contributed by atoms with van der Waals surface area (Å²) in [4.78, 5) is 15.3. The molecule has 25 heavy (non-hydrogen) atoms. The molecule has 0 amide bonds. The quantitative estimate of drug-likeness (QED) is 0.794. The Kier molecular flexibility index (Phi) is 5.63. The van der Waals surface area contributed by atoms with Gasteiger partial charge in [-0.15, -0.1) is 0 Å². The Balaban J connectivity index is 1.92. The summed E-state index contributed by atoms with van der Waals surface area (Å²) in [6.45, 7) is 2.08. The van der Waals surface area contributed by atoms with Gasteiger partial charge in [0.1, 0.15) is 5.60 Å². The number of carbonyl (C=O) groups excluding carboxylic acids is 1. The van der Waals surface area contributed by atoms with Crippen LogP contribution in [0.1, 0.15) is 28.8 Å². The van der Waals surface area contributed by atoms with Crippen molar-refractivity contribution in [2.75, 3.05) is 26.2 Å². The maximum absolute atomic E-state index is 13.2. The van der Waals surface area contributed by atoms with Crippen LogP contribution in [0, 0.1) is 5.92 Å². The molecule has 4 nitrogen and oxygen atoms in total. The monoisotopic (exact) mass is 339 g/mol. The summed E-state index contributed by atoms with van der Waals surface area (Å²) >= 11 is 0. The van der Waals surface area contributed by atoms with Crippen LogP contribution in [0.4, 0.5) is 0 Å². The second-order valence-corrected chi connectivity index (χ2v) is 6.70. The van der Waals surface area contributed by atoms with E-state index in [2.05, 4.69) is 4.90 Å². The van der Waals surface area contributed by atoms with E-state index in [1.165, 1.54) is 0 Å². The smallest absolute Gasteiger partial charge is 0.170 e. The van der Waals surface area contributed by atoms with Gasteiger partial charge in [0, 0.05) is 31.8 Å². The molecule has 1 heterocycles. The molecular formula is C21H25NO3. The van der Waals surface area contributed by atoms with Crippen LogP contribution in [-0.2, 0) is 5.60 Å². The molecule has 2 unspecified atom stereocenters. The van der Waals surface area contributed by atoms with Crippen molar-refractivity contribution < 1.29 is 15.0 Å². The van der Waals surface area contributed by atoms with Crippen LogP contribution >= 0.6 is 0 Å². The number of nitrogens with zero attached hydrogens (tertiary/aromatic N) is 1. The molecule has 0 bridgehead atoms. The highest BCUT2D eigenvalue weighted by Crippen LogP contribution is 2.39. The van der Waals surface area contributed by atoms with Gasteiger partial charge >= 0.3 is 0 Å². The van der Waals surface area contributed by atoms with E-state index in [0.717, 1.165) is 12.1 Å². The normalized spacial score (nSPS) is 24.2. The zero-order valence-corrected chi connectivity index (χ0v) is 14.3. The van der Waals surface area contributed by atoms with E-state index in [1.807, 2.05) is 48.5 Å². The summed E-state index contributed by atoms with van der Waals surface area (Å²) in [6.07, 6.45) is 1.18. The van der Waals surface area contributed by atoms with Crippen molar-refractivity contribution in [2.24, 2.45) is 5.92 Å². The Morgan fingerprint density at radius 1 is 1.08 bits per heavy atom. The van der Waals surface area contributed by atoms with Gasteiger partial charge in [0.2, 0.25) is 0 Å². The third-order valence-corrected chi connectivity index (χ3v) is 5.11. The number of piperidine rings is 1. The molecular weight excluding hydrogens is 314 g/mol. The number of hydrogen-bond donors (Lipinski definition) is 2. The zero-order chi connectivity index (χ0) is 17.7. The minimum absolute atomic E-state index is 0.0272. The number of likely N-dealkylation sites (tertiary alicyclic amines) is 1. The standard InChI is InChI=1S/C21H25NO3/c23-15-7-13-22-14-12-21(25,18-10-5-2-6-11-18)19(16-22)20(24)17-8-3-1-4-9-17/h1-6,8-11,19,23,25H,7,12-16H2. The summed E-state index contributed by atoms with van der Waals surface area (Å²) in [7, 11) is 0. The molecule has 2 aromatic rings. The molecule has 0 radical (unpaired) electrons. The second kappa shape index (κ2) is 7.91. The number of benzene rings is 2. The van der Waals surface area contributed by atoms with E-state index in [0.29, 0.717) is 31.5 Å². The molecule has 4 heteroatoms. The summed E-state index contributed by atoms with van der Waals surface area (Å²) in [6, 6.07) is 18.7. The number of hydrogen-bond acceptors (Lipinski definition) is 4. The van der Waals surface area contributed by atoms with Gasteiger partial charge in [-0.2, -0.15) is 0 Å². The fourth-order valence-corrected chi connectivity index (χ4v) is 3.68. The molecule has 1 aliphatic rings. The van der Waals surface area contributed by atoms with Crippen LogP contribution in [0.25, 0.3) is 0 Å². The van der Waals surface area contributed by atoms with E-state index < -0.39 is 11.5 Å². The van der Waals surface area contributed by atoms with E-state index in [4.69, 9.17) is 5.11 Å². The molecule has 1 fully saturated rings. The lowest BCUT2D eigenvalue weighted by Gasteiger charge is -2.44. The highest BCUT2D eigenvalue weighted by atomic mass is 16.3. The Morgan fingerprint density at radius 2 is 1.72 bits per heavy atom. The summed E-state index contributed by atoms with van der Waals surface area (Å²) < 4.78 is 0. The number of Topliss-reactive ketones (excluding diaryl/α,β-unsaturated/α-hetero) is 1. The van der Waals surface area contributed by atoms with E-state index >= 15 is 0 Å². The van der Waals surface area contributed by atoms with E-state index in [1.54, 1.807) is 12.1 Å². The van der Waals surface area contributed by atoms with Gasteiger partial charge in [-0.1, -0.05) is 60.7 Å². The van der Waals surface area contributed by atoms with Gasteiger partial charge in [-0.3, -0.25) is 4.79 Å². The summed E-state index contributed by atoms with van der Waals surface area (Å²) in [5, 5.41) is 20.6. The Morgan fingerprint density at radius 3 is 2.36 bits per heavy atom. The minimum atomic E-state index is -1.16. The Hall–Kier alpha value is -2.01. The van der Waals surface area contributed by atoms with E-state index in [-0.39, 0.29) is 12.4 Å². The first-order chi connectivity index (χ1) is 12.1. The largest absolute Gasteiger partial charge is 0.396 e. The number of carbonyl (C=O) groups is 1. The zero-order valence-electron chi connectivity index (χ0n) is 14.3. The van der Waals surface area contributed by atoms with Crippen LogP contribution in [0.3, 0.4) is 0 Å². The maximum atomic E-state index is 13.2. The fourth-order valence-electron chi connectivity index (χ4n) is 3.68. The van der Waals surface area contributed by atoms with Crippen LogP contribution in [0.2, 0.25) is 0 Å². The second-order valence-electron chi connectivity index (χ2n) is 6.70. The molecule has 2 aromatic carbocycles. The Bertz CT molecular complexity index is 689. The third-order valence-electron chi connectivity index (χ3n) is 5.11. The first kappa shape index (κ1) is 17.8. The average Bonchev–Trinajstić information content (AvgIpc) is 2.68. The lowest BCUT2D eigenvalue weighted by molar-refractivity contribution is -0.0646. The predicted octanol–water partition coefficient (Wildman–Crippen LogP) is 2.46. The van der Waals surface area contributed by atoms with Crippen LogP contribution < -0.4 is 0 Å². The number of rotatable bonds is 6. The molecule has 2 N–H and O–H groups in total. The van der Waals surface area contributed by atoms with Crippen molar-refractivity contribution in [2.45, 2.75) is 18.4 Å². The minimum Gasteiger partial charge on any atom is -0.396 e. The first-order valence-corrected chi connectivity index (χ1v) is 8.85. The van der Waals surface area contributed by atoms with Crippen molar-refractivity contribution >= 4 is 5.78 Å². The number of aliphatic hydroxyl groups is 2. The molecule has 2 atom stereocenters. The molecule has 1 saturated heterocycles. The first-order valence-electron chi connectivity index (χ1n) is 8.85. The van der Waals surface area contributed by atoms with Crippen LogP contribution in [0.15, 0.2) is 60.7 Å². The molecule has 0 spiro atoms. The highest BCUT2D eigenvalue weighted by Gasteiger charge is 2.46. The Labute approximate surface area is 148 Å². The van der Waals surface area contributed by atoms with Gasteiger partial charge in [0.25, 0.3) is 0 Å². The van der Waals surface area contributed by atoms with Gasteiger partial charge < -0.3 is 15.1 Å². The van der Waals surface area contributed by atoms with Gasteiger partial charge in [-0.05, 0) is 18.4 Å². The SMILES string of the molecule is O=C(c1ccccc1)C1CN(CCCO)CCC1(O)c1ccccc1. The topological polar surface area (TPSA) is 60.8 Å². The molecule has 0 aromatic heterocycles. The average molecular weight is 339 g/mol. The summed E-state index contributed by atoms with van der Waals surface area (Å²) in [5.74, 6) is -0.551. The van der Waals surface area contributed by atoms with Crippen LogP contribution in [-0.4, -0.2) is 47.1 Å². The molecule has 0 aliphatic carbocycles. The number of aliphatic hydroxyl groups excluding tert-OH is 1. The maximum Gasteiger partial charge on any atom is 0.170 e. The molecule has 0 saturated carbocycles. The third kappa shape index (κ3) is 3.82. The molecule has 132 valence electrons. The van der Waals surface area contributed by atoms with Crippen molar-refractivity contribution in [3.8, 4) is 0 Å². The lowest BCUT2D eigenvalue weighted by atomic mass is 9.72. The van der Waals surface area contributed by atoms with Crippen LogP contribution in [0.5, 0.6) is 0 Å². The van der Waals surface area contributed by atoms with Crippen molar-refractivity contribution in [1.82, 2.24) is 4.90 Å². The van der Waals surface area contributed by atoms with Gasteiger partial charge in [0.15, 0.2) is 5.78 Å². The highest BCUT2D eigenvalue weighted by molar-refractivity contribution is 5.98. The summed E-state index contributed by atoms with van der Waals surface area (Å²) in [5.41, 5.74) is 0.265. The van der Waals surface area contributed by atoms with Gasteiger partial charge in [-0.25, -0.2) is 0 Å². The van der Waals surface area contributed by atoms with E-state index in [9.17, 15) is 9.90 Å². The molecule has 3 rings (SSSR count). The van der Waals surface area contributed by atoms with Crippen molar-refractivity contribution in [3.05, 3.63) is 71.8 Å². The molecule has 1 aliphatic heterocycles. The van der Waals surface area contributed by atoms with Crippen molar-refractivity contribution in [1.29, 1.82) is 0 Å². The van der Waals surface area contributed by atoms with Crippen molar-refractivity contribution in [3.63, 3.8) is 0 Å². The lowest BCUT2D eigenvalue weighted by Crippen LogP contribution is -2.53. The van der Waals surface area contributed by atoms with Gasteiger partial charge in [0.05, 0.1) is 5.92 Å². The number of ketones is 1. The fraction of sp³-hybridized carbons (Fsp3) is 0.381. The predicted molar refractivity (Wildman–Crippen MR) is 97.4 cm³/mol.